The molecule has 1 aromatic carbocycles. The molecular formula is C16H18N4O2S. The molecule has 23 heavy (non-hydrogen) atoms. The molecule has 7 heteroatoms. The Morgan fingerprint density at radius 3 is 2.91 bits per heavy atom. The zero-order valence-electron chi connectivity index (χ0n) is 12.9. The van der Waals surface area contributed by atoms with Crippen LogP contribution in [-0.4, -0.2) is 30.0 Å². The van der Waals surface area contributed by atoms with Crippen LogP contribution < -0.4 is 20.2 Å². The number of hydrogen-bond donors (Lipinski definition) is 2. The fraction of sp³-hybridized carbons (Fsp3) is 0.188. The summed E-state index contributed by atoms with van der Waals surface area (Å²) in [5, 5.41) is 7.48. The number of hydrazone groups is 1. The third kappa shape index (κ3) is 4.93. The van der Waals surface area contributed by atoms with Gasteiger partial charge >= 0.3 is 0 Å². The molecule has 0 aliphatic rings. The lowest BCUT2D eigenvalue weighted by atomic mass is 10.3. The molecule has 0 spiro atoms. The summed E-state index contributed by atoms with van der Waals surface area (Å²) in [4.78, 5) is 4.09. The number of pyridine rings is 1. The molecule has 0 unspecified atom stereocenters. The predicted molar refractivity (Wildman–Crippen MR) is 95.4 cm³/mol. The van der Waals surface area contributed by atoms with Crippen LogP contribution in [-0.2, 0) is 0 Å². The van der Waals surface area contributed by atoms with Crippen molar-refractivity contribution in [3.8, 4) is 11.6 Å². The van der Waals surface area contributed by atoms with Gasteiger partial charge in [0.2, 0.25) is 5.88 Å². The average molecular weight is 330 g/mol. The van der Waals surface area contributed by atoms with Gasteiger partial charge < -0.3 is 14.8 Å². The van der Waals surface area contributed by atoms with Crippen molar-refractivity contribution < 1.29 is 9.47 Å². The monoisotopic (exact) mass is 330 g/mol. The van der Waals surface area contributed by atoms with Gasteiger partial charge in [0.05, 0.1) is 31.2 Å². The number of para-hydroxylation sites is 2. The fourth-order valence-corrected chi connectivity index (χ4v) is 2.00. The van der Waals surface area contributed by atoms with Crippen molar-refractivity contribution in [2.24, 2.45) is 5.10 Å². The Kier molecular flexibility index (Phi) is 6.31. The SMILES string of the molecule is CCOc1ccccc1NC(=S)N/N=C/c1cccnc1OC. The Hall–Kier alpha value is -2.67. The van der Waals surface area contributed by atoms with Crippen molar-refractivity contribution in [2.75, 3.05) is 19.0 Å². The second-order valence-electron chi connectivity index (χ2n) is 4.36. The second kappa shape index (κ2) is 8.70. The third-order valence-electron chi connectivity index (χ3n) is 2.80. The number of ether oxygens (including phenoxy) is 2. The molecular weight excluding hydrogens is 312 g/mol. The summed E-state index contributed by atoms with van der Waals surface area (Å²) < 4.78 is 10.7. The summed E-state index contributed by atoms with van der Waals surface area (Å²) in [6, 6.07) is 11.2. The minimum absolute atomic E-state index is 0.358. The first kappa shape index (κ1) is 16.7. The van der Waals surface area contributed by atoms with E-state index in [1.54, 1.807) is 25.6 Å². The summed E-state index contributed by atoms with van der Waals surface area (Å²) in [5.41, 5.74) is 4.28. The Morgan fingerprint density at radius 1 is 1.30 bits per heavy atom. The molecule has 6 nitrogen and oxygen atoms in total. The predicted octanol–water partition coefficient (Wildman–Crippen LogP) is 2.81. The highest BCUT2D eigenvalue weighted by Gasteiger charge is 2.04. The van der Waals surface area contributed by atoms with Gasteiger partial charge in [-0.1, -0.05) is 12.1 Å². The maximum atomic E-state index is 5.53. The van der Waals surface area contributed by atoms with E-state index in [4.69, 9.17) is 21.7 Å². The fourth-order valence-electron chi connectivity index (χ4n) is 1.83. The number of hydrogen-bond acceptors (Lipinski definition) is 5. The Balaban J connectivity index is 1.96. The topological polar surface area (TPSA) is 67.8 Å². The summed E-state index contributed by atoms with van der Waals surface area (Å²) in [7, 11) is 1.56. The number of methoxy groups -OCH3 is 1. The van der Waals surface area contributed by atoms with E-state index in [9.17, 15) is 0 Å². The van der Waals surface area contributed by atoms with E-state index in [1.807, 2.05) is 37.3 Å². The number of nitrogens with zero attached hydrogens (tertiary/aromatic N) is 2. The van der Waals surface area contributed by atoms with Crippen molar-refractivity contribution in [3.63, 3.8) is 0 Å². The van der Waals surface area contributed by atoms with Crippen LogP contribution in [0.1, 0.15) is 12.5 Å². The average Bonchev–Trinajstić information content (AvgIpc) is 2.57. The van der Waals surface area contributed by atoms with Crippen LogP contribution in [0.3, 0.4) is 0 Å². The van der Waals surface area contributed by atoms with Gasteiger partial charge in [-0.15, -0.1) is 0 Å². The maximum absolute atomic E-state index is 5.53. The first-order chi connectivity index (χ1) is 11.2. The van der Waals surface area contributed by atoms with Crippen LogP contribution in [0.4, 0.5) is 5.69 Å². The smallest absolute Gasteiger partial charge is 0.222 e. The van der Waals surface area contributed by atoms with E-state index in [2.05, 4.69) is 20.8 Å². The van der Waals surface area contributed by atoms with Gasteiger partial charge in [0.25, 0.3) is 0 Å². The molecule has 0 saturated carbocycles. The standard InChI is InChI=1S/C16H18N4O2S/c1-3-22-14-9-5-4-8-13(14)19-16(23)20-18-11-12-7-6-10-17-15(12)21-2/h4-11H,3H2,1-2H3,(H2,19,20,23)/b18-11+. The van der Waals surface area contributed by atoms with Gasteiger partial charge in [-0.25, -0.2) is 4.98 Å². The summed E-state index contributed by atoms with van der Waals surface area (Å²) in [6.07, 6.45) is 3.24. The molecule has 120 valence electrons. The highest BCUT2D eigenvalue weighted by Crippen LogP contribution is 2.23. The number of anilines is 1. The van der Waals surface area contributed by atoms with E-state index in [0.29, 0.717) is 17.6 Å². The lowest BCUT2D eigenvalue weighted by molar-refractivity contribution is 0.342. The lowest BCUT2D eigenvalue weighted by Crippen LogP contribution is -2.24. The summed E-state index contributed by atoms with van der Waals surface area (Å²) in [6.45, 7) is 2.51. The van der Waals surface area contributed by atoms with Crippen LogP contribution >= 0.6 is 12.2 Å². The van der Waals surface area contributed by atoms with E-state index in [1.165, 1.54) is 0 Å². The number of aromatic nitrogens is 1. The van der Waals surface area contributed by atoms with E-state index < -0.39 is 0 Å². The van der Waals surface area contributed by atoms with Crippen molar-refractivity contribution in [1.29, 1.82) is 0 Å². The number of rotatable bonds is 6. The van der Waals surface area contributed by atoms with E-state index in [0.717, 1.165) is 17.0 Å². The van der Waals surface area contributed by atoms with Crippen molar-refractivity contribution in [1.82, 2.24) is 10.4 Å². The van der Waals surface area contributed by atoms with Gasteiger partial charge in [0, 0.05) is 6.20 Å². The number of thiocarbonyl (C=S) groups is 1. The van der Waals surface area contributed by atoms with Crippen molar-refractivity contribution in [3.05, 3.63) is 48.2 Å². The third-order valence-corrected chi connectivity index (χ3v) is 2.99. The Labute approximate surface area is 140 Å². The highest BCUT2D eigenvalue weighted by atomic mass is 32.1. The van der Waals surface area contributed by atoms with Crippen LogP contribution in [0.5, 0.6) is 11.6 Å². The Bertz CT molecular complexity index is 691. The van der Waals surface area contributed by atoms with Crippen molar-refractivity contribution >= 4 is 29.2 Å². The minimum Gasteiger partial charge on any atom is -0.492 e. The first-order valence-electron chi connectivity index (χ1n) is 7.05. The van der Waals surface area contributed by atoms with Crippen LogP contribution in [0.15, 0.2) is 47.7 Å². The normalized spacial score (nSPS) is 10.3. The molecule has 0 saturated heterocycles. The van der Waals surface area contributed by atoms with Gasteiger partial charge in [-0.05, 0) is 43.4 Å². The zero-order valence-corrected chi connectivity index (χ0v) is 13.8. The molecule has 0 fully saturated rings. The molecule has 2 N–H and O–H groups in total. The molecule has 0 bridgehead atoms. The lowest BCUT2D eigenvalue weighted by Gasteiger charge is -2.12. The summed E-state index contributed by atoms with van der Waals surface area (Å²) in [5.74, 6) is 1.23. The molecule has 0 aliphatic carbocycles. The van der Waals surface area contributed by atoms with Gasteiger partial charge in [-0.3, -0.25) is 5.43 Å². The number of benzene rings is 1. The quantitative estimate of drug-likeness (QED) is 0.482. The summed E-state index contributed by atoms with van der Waals surface area (Å²) >= 11 is 5.22. The largest absolute Gasteiger partial charge is 0.492 e. The molecule has 1 heterocycles. The van der Waals surface area contributed by atoms with Gasteiger partial charge in [0.15, 0.2) is 5.11 Å². The zero-order chi connectivity index (χ0) is 16.5. The molecule has 0 radical (unpaired) electrons. The van der Waals surface area contributed by atoms with Crippen LogP contribution in [0.2, 0.25) is 0 Å². The minimum atomic E-state index is 0.358. The van der Waals surface area contributed by atoms with Crippen LogP contribution in [0.25, 0.3) is 0 Å². The Morgan fingerprint density at radius 2 is 2.13 bits per heavy atom. The molecule has 2 aromatic rings. The molecule has 2 rings (SSSR count). The molecule has 0 atom stereocenters. The maximum Gasteiger partial charge on any atom is 0.222 e. The molecule has 0 aliphatic heterocycles. The second-order valence-corrected chi connectivity index (χ2v) is 4.76. The first-order valence-corrected chi connectivity index (χ1v) is 7.46. The van der Waals surface area contributed by atoms with E-state index in [-0.39, 0.29) is 0 Å². The van der Waals surface area contributed by atoms with Crippen LogP contribution in [0, 0.1) is 0 Å². The molecule has 1 aromatic heterocycles. The van der Waals surface area contributed by atoms with Gasteiger partial charge in [-0.2, -0.15) is 5.10 Å². The highest BCUT2D eigenvalue weighted by molar-refractivity contribution is 7.80. The number of nitrogens with one attached hydrogen (secondary N) is 2. The van der Waals surface area contributed by atoms with Gasteiger partial charge in [0.1, 0.15) is 5.75 Å². The van der Waals surface area contributed by atoms with Crippen molar-refractivity contribution in [2.45, 2.75) is 6.92 Å². The molecule has 0 amide bonds. The van der Waals surface area contributed by atoms with E-state index >= 15 is 0 Å².